The van der Waals surface area contributed by atoms with Crippen LogP contribution >= 0.6 is 0 Å². The lowest BCUT2D eigenvalue weighted by atomic mass is 9.47. The molecule has 3 saturated carbocycles. The quantitative estimate of drug-likeness (QED) is 0.0608. The van der Waals surface area contributed by atoms with Crippen molar-refractivity contribution in [3.05, 3.63) is 11.6 Å². The second kappa shape index (κ2) is 20.6. The number of carbonyl (C=O) groups is 1. The largest absolute Gasteiger partial charge is 0.463 e. The summed E-state index contributed by atoms with van der Waals surface area (Å²) in [6.45, 7) is 14.5. The average molecular weight is 759 g/mol. The molecule has 0 aromatic heterocycles. The molecule has 54 heavy (non-hydrogen) atoms. The third kappa shape index (κ3) is 10.7. The average Bonchev–Trinajstić information content (AvgIpc) is 3.50. The van der Waals surface area contributed by atoms with Crippen LogP contribution < -0.4 is 0 Å². The molecule has 0 aromatic rings. The minimum absolute atomic E-state index is 0.136. The molecule has 312 valence electrons. The van der Waals surface area contributed by atoms with Gasteiger partial charge in [0.05, 0.1) is 6.10 Å². The van der Waals surface area contributed by atoms with Crippen LogP contribution in [0.3, 0.4) is 0 Å². The fourth-order valence-corrected chi connectivity index (χ4v) is 12.3. The van der Waals surface area contributed by atoms with E-state index in [1.54, 1.807) is 0 Å². The van der Waals surface area contributed by atoms with Crippen molar-refractivity contribution >= 4 is 5.97 Å². The van der Waals surface area contributed by atoms with Gasteiger partial charge >= 0.3 is 5.97 Å². The van der Waals surface area contributed by atoms with E-state index in [2.05, 4.69) is 47.6 Å². The van der Waals surface area contributed by atoms with Gasteiger partial charge in [-0.25, -0.2) is 0 Å². The van der Waals surface area contributed by atoms with E-state index in [4.69, 9.17) is 14.2 Å². The molecule has 13 atom stereocenters. The Morgan fingerprint density at radius 2 is 1.50 bits per heavy atom. The Morgan fingerprint density at radius 1 is 0.815 bits per heavy atom. The number of carbonyl (C=O) groups excluding carboxylic acids is 1. The number of unbranched alkanes of at least 4 members (excludes halogenated alkanes) is 10. The van der Waals surface area contributed by atoms with Crippen LogP contribution in [-0.2, 0) is 19.0 Å². The Hall–Kier alpha value is -0.990. The normalized spacial score (nSPS) is 38.4. The van der Waals surface area contributed by atoms with Gasteiger partial charge in [-0.05, 0) is 104 Å². The monoisotopic (exact) mass is 759 g/mol. The SMILES string of the molecule is CCCCCCCCCCCCCC(=O)OC[C@H]1O[C@H](OC2CC[C@@]3(C)C(=CCC4C3CC[C@@]3(C)C4CC[C@@H]3[C@H](C)CCCC(C)C)C2)[C@H](O)[C@@H](O)[C@@H]1O. The van der Waals surface area contributed by atoms with Gasteiger partial charge in [0.25, 0.3) is 0 Å². The Morgan fingerprint density at radius 3 is 2.19 bits per heavy atom. The summed E-state index contributed by atoms with van der Waals surface area (Å²) in [7, 11) is 0. The molecule has 4 aliphatic carbocycles. The fraction of sp³-hybridized carbons (Fsp3) is 0.936. The van der Waals surface area contributed by atoms with Gasteiger partial charge in [-0.3, -0.25) is 4.79 Å². The van der Waals surface area contributed by atoms with Gasteiger partial charge in [0.15, 0.2) is 6.29 Å². The van der Waals surface area contributed by atoms with Crippen molar-refractivity contribution in [2.45, 2.75) is 226 Å². The standard InChI is InChI=1S/C47H82O7/c1-7-8-9-10-11-12-13-14-15-16-17-21-41(48)52-31-40-42(49)43(50)44(51)45(54-40)53-35-26-28-46(5)34(30-35)22-23-36-38-25-24-37(33(4)20-18-19-32(2)3)47(38,6)29-27-39(36)46/h22,32-33,35-40,42-45,49-51H,7-21,23-31H2,1-6H3/t33-,35?,36?,37-,38?,39?,40-,42-,43+,44-,45+,46+,47-/m1/s1. The molecule has 0 aromatic carbocycles. The highest BCUT2D eigenvalue weighted by Gasteiger charge is 2.59. The summed E-state index contributed by atoms with van der Waals surface area (Å²) in [6.07, 6.45) is 23.4. The lowest BCUT2D eigenvalue weighted by Crippen LogP contribution is -2.60. The summed E-state index contributed by atoms with van der Waals surface area (Å²) in [5, 5.41) is 32.4. The Balaban J connectivity index is 1.06. The number of rotatable bonds is 21. The van der Waals surface area contributed by atoms with Crippen molar-refractivity contribution in [2.24, 2.45) is 46.3 Å². The molecule has 1 aliphatic heterocycles. The van der Waals surface area contributed by atoms with E-state index in [1.807, 2.05) is 0 Å². The molecular weight excluding hydrogens is 677 g/mol. The first-order chi connectivity index (χ1) is 25.9. The van der Waals surface area contributed by atoms with E-state index < -0.39 is 30.7 Å². The first-order valence-corrected chi connectivity index (χ1v) is 23.1. The van der Waals surface area contributed by atoms with Crippen LogP contribution in [0.2, 0.25) is 0 Å². The summed E-state index contributed by atoms with van der Waals surface area (Å²) < 4.78 is 18.0. The van der Waals surface area contributed by atoms with Gasteiger partial charge in [0.2, 0.25) is 0 Å². The molecule has 5 rings (SSSR count). The number of hydrogen-bond acceptors (Lipinski definition) is 7. The van der Waals surface area contributed by atoms with E-state index in [0.29, 0.717) is 17.8 Å². The highest BCUT2D eigenvalue weighted by Crippen LogP contribution is 2.67. The van der Waals surface area contributed by atoms with Crippen LogP contribution in [0.5, 0.6) is 0 Å². The number of aliphatic hydroxyl groups excluding tert-OH is 3. The van der Waals surface area contributed by atoms with Gasteiger partial charge in [0, 0.05) is 6.42 Å². The smallest absolute Gasteiger partial charge is 0.305 e. The summed E-state index contributed by atoms with van der Waals surface area (Å²) in [4.78, 5) is 12.5. The maximum atomic E-state index is 12.5. The number of ether oxygens (including phenoxy) is 3. The van der Waals surface area contributed by atoms with Gasteiger partial charge in [-0.15, -0.1) is 0 Å². The zero-order valence-electron chi connectivity index (χ0n) is 35.5. The van der Waals surface area contributed by atoms with E-state index in [9.17, 15) is 20.1 Å². The Kier molecular flexibility index (Phi) is 16.8. The fourth-order valence-electron chi connectivity index (χ4n) is 12.3. The number of hydrogen-bond donors (Lipinski definition) is 3. The molecule has 7 heteroatoms. The van der Waals surface area contributed by atoms with Crippen molar-refractivity contribution in [1.29, 1.82) is 0 Å². The summed E-state index contributed by atoms with van der Waals surface area (Å²) in [5.74, 6) is 4.45. The predicted octanol–water partition coefficient (Wildman–Crippen LogP) is 10.5. The summed E-state index contributed by atoms with van der Waals surface area (Å²) >= 11 is 0. The second-order valence-electron chi connectivity index (χ2n) is 19.8. The van der Waals surface area contributed by atoms with Crippen LogP contribution in [0.1, 0.15) is 189 Å². The Bertz CT molecular complexity index is 1170. The predicted molar refractivity (Wildman–Crippen MR) is 217 cm³/mol. The van der Waals surface area contributed by atoms with Crippen LogP contribution in [0, 0.1) is 46.3 Å². The van der Waals surface area contributed by atoms with Gasteiger partial charge in [-0.1, -0.05) is 137 Å². The molecular formula is C47H82O7. The maximum Gasteiger partial charge on any atom is 0.305 e. The third-order valence-corrected chi connectivity index (χ3v) is 15.6. The van der Waals surface area contributed by atoms with Crippen LogP contribution in [-0.4, -0.2) is 64.7 Å². The summed E-state index contributed by atoms with van der Waals surface area (Å²) in [5.41, 5.74) is 2.15. The van der Waals surface area contributed by atoms with Gasteiger partial charge in [0.1, 0.15) is 31.0 Å². The molecule has 0 radical (unpaired) electrons. The minimum Gasteiger partial charge on any atom is -0.463 e. The molecule has 1 saturated heterocycles. The van der Waals surface area contributed by atoms with Crippen LogP contribution in [0.4, 0.5) is 0 Å². The topological polar surface area (TPSA) is 105 Å². The van der Waals surface area contributed by atoms with E-state index in [-0.39, 0.29) is 24.1 Å². The first kappa shape index (κ1) is 44.1. The molecule has 0 spiro atoms. The van der Waals surface area contributed by atoms with Crippen LogP contribution in [0.15, 0.2) is 11.6 Å². The first-order valence-electron chi connectivity index (χ1n) is 23.1. The molecule has 3 N–H and O–H groups in total. The number of fused-ring (bicyclic) bond motifs is 5. The highest BCUT2D eigenvalue weighted by atomic mass is 16.7. The molecule has 0 bridgehead atoms. The van der Waals surface area contributed by atoms with Crippen molar-refractivity contribution in [2.75, 3.05) is 6.61 Å². The third-order valence-electron chi connectivity index (χ3n) is 15.6. The lowest BCUT2D eigenvalue weighted by molar-refractivity contribution is -0.313. The van der Waals surface area contributed by atoms with Crippen LogP contribution in [0.25, 0.3) is 0 Å². The zero-order valence-corrected chi connectivity index (χ0v) is 35.5. The van der Waals surface area contributed by atoms with Gasteiger partial charge < -0.3 is 29.5 Å². The van der Waals surface area contributed by atoms with Crippen molar-refractivity contribution < 1.29 is 34.3 Å². The van der Waals surface area contributed by atoms with E-state index in [1.165, 1.54) is 102 Å². The minimum atomic E-state index is -1.44. The lowest BCUT2D eigenvalue weighted by Gasteiger charge is -2.58. The van der Waals surface area contributed by atoms with E-state index >= 15 is 0 Å². The molecule has 4 fully saturated rings. The highest BCUT2D eigenvalue weighted by molar-refractivity contribution is 5.69. The molecule has 1 heterocycles. The van der Waals surface area contributed by atoms with E-state index in [0.717, 1.165) is 74.5 Å². The van der Waals surface area contributed by atoms with Crippen molar-refractivity contribution in [3.63, 3.8) is 0 Å². The number of aliphatic hydroxyl groups is 3. The molecule has 5 aliphatic rings. The number of allylic oxidation sites excluding steroid dienone is 1. The van der Waals surface area contributed by atoms with Gasteiger partial charge in [-0.2, -0.15) is 0 Å². The second-order valence-corrected chi connectivity index (χ2v) is 19.8. The summed E-state index contributed by atoms with van der Waals surface area (Å²) in [6, 6.07) is 0. The maximum absolute atomic E-state index is 12.5. The molecule has 0 amide bonds. The van der Waals surface area contributed by atoms with Crippen molar-refractivity contribution in [3.8, 4) is 0 Å². The zero-order chi connectivity index (χ0) is 38.9. The molecule has 4 unspecified atom stereocenters. The molecule has 7 nitrogen and oxygen atoms in total. The van der Waals surface area contributed by atoms with Crippen molar-refractivity contribution in [1.82, 2.24) is 0 Å². The number of esters is 1. The Labute approximate surface area is 330 Å².